The first-order chi connectivity index (χ1) is 7.15. The Labute approximate surface area is 98.7 Å². The lowest BCUT2D eigenvalue weighted by molar-refractivity contribution is -0.121. The fourth-order valence-electron chi connectivity index (χ4n) is 1.20. The van der Waals surface area contributed by atoms with Crippen LogP contribution in [0.25, 0.3) is 0 Å². The van der Waals surface area contributed by atoms with Crippen molar-refractivity contribution in [3.05, 3.63) is 35.9 Å². The lowest BCUT2D eigenvalue weighted by atomic mass is 10.1. The molecule has 2 nitrogen and oxygen atoms in total. The molecule has 1 rings (SSSR count). The number of thioether (sulfide) groups is 1. The van der Waals surface area contributed by atoms with Crippen LogP contribution in [0.4, 0.5) is 0 Å². The van der Waals surface area contributed by atoms with Crippen LogP contribution >= 0.6 is 24.0 Å². The van der Waals surface area contributed by atoms with Crippen LogP contribution in [0.15, 0.2) is 30.3 Å². The van der Waals surface area contributed by atoms with Crippen molar-refractivity contribution in [1.82, 2.24) is 0 Å². The van der Waals surface area contributed by atoms with E-state index in [4.69, 9.17) is 17.3 Å². The van der Waals surface area contributed by atoms with E-state index in [-0.39, 0.29) is 11.0 Å². The number of carbonyl (C=O) groups excluding carboxylic acids is 1. The molecule has 1 aromatic rings. The number of hydrogen-bond acceptors (Lipinski definition) is 4. The summed E-state index contributed by atoms with van der Waals surface area (Å²) in [4.78, 5) is 11.5. The van der Waals surface area contributed by atoms with E-state index >= 15 is 0 Å². The molecule has 0 saturated carbocycles. The van der Waals surface area contributed by atoms with Crippen molar-refractivity contribution in [3.63, 3.8) is 0 Å². The predicted molar refractivity (Wildman–Crippen MR) is 67.1 cm³/mol. The number of carbonyl (C=O) groups is 1. The molecule has 0 bridgehead atoms. The number of benzene rings is 1. The molecule has 0 radical (unpaired) electrons. The highest BCUT2D eigenvalue weighted by molar-refractivity contribution is 8.23. The van der Waals surface area contributed by atoms with Gasteiger partial charge in [-0.3, -0.25) is 4.79 Å². The highest BCUT2D eigenvalue weighted by atomic mass is 32.2. The van der Waals surface area contributed by atoms with Gasteiger partial charge in [0.25, 0.3) is 0 Å². The Balaban J connectivity index is 2.91. The van der Waals surface area contributed by atoms with E-state index in [0.29, 0.717) is 4.20 Å². The molecule has 0 fully saturated rings. The lowest BCUT2D eigenvalue weighted by Crippen LogP contribution is -2.14. The molecule has 1 N–H and O–H groups in total. The summed E-state index contributed by atoms with van der Waals surface area (Å²) in [7, 11) is 0. The summed E-state index contributed by atoms with van der Waals surface area (Å²) < 4.78 is 0.700. The van der Waals surface area contributed by atoms with Crippen LogP contribution in [0.5, 0.6) is 0 Å². The molecule has 15 heavy (non-hydrogen) atoms. The Morgan fingerprint density at radius 1 is 1.47 bits per heavy atom. The number of hydrogen-bond donors (Lipinski definition) is 1. The zero-order valence-corrected chi connectivity index (χ0v) is 9.98. The van der Waals surface area contributed by atoms with E-state index in [2.05, 4.69) is 0 Å². The zero-order chi connectivity index (χ0) is 11.3. The van der Waals surface area contributed by atoms with Crippen molar-refractivity contribution >= 4 is 34.0 Å². The first-order valence-corrected chi connectivity index (χ1v) is 5.79. The first kappa shape index (κ1) is 12.4. The molecule has 1 aromatic carbocycles. The Kier molecular flexibility index (Phi) is 4.94. The third-order valence-corrected chi connectivity index (χ3v) is 3.23. The van der Waals surface area contributed by atoms with E-state index in [0.717, 1.165) is 5.56 Å². The van der Waals surface area contributed by atoms with Crippen molar-refractivity contribution in [2.45, 2.75) is 12.2 Å². The fourth-order valence-corrected chi connectivity index (χ4v) is 2.32. The molecule has 0 aliphatic rings. The third kappa shape index (κ3) is 3.74. The summed E-state index contributed by atoms with van der Waals surface area (Å²) in [6, 6.07) is 9.35. The van der Waals surface area contributed by atoms with Gasteiger partial charge in [-0.05, 0) is 12.5 Å². The van der Waals surface area contributed by atoms with Gasteiger partial charge in [-0.15, -0.1) is 11.8 Å². The van der Waals surface area contributed by atoms with Crippen LogP contribution in [0, 0.1) is 0 Å². The third-order valence-electron chi connectivity index (χ3n) is 1.83. The molecular formula is C11H12O2S2. The highest BCUT2D eigenvalue weighted by Crippen LogP contribution is 2.30. The van der Waals surface area contributed by atoms with Gasteiger partial charge in [0.1, 0.15) is 6.61 Å². The van der Waals surface area contributed by atoms with Gasteiger partial charge in [0, 0.05) is 4.20 Å². The van der Waals surface area contributed by atoms with E-state index in [9.17, 15) is 4.79 Å². The van der Waals surface area contributed by atoms with Crippen LogP contribution in [0.2, 0.25) is 0 Å². The molecule has 0 heterocycles. The minimum Gasteiger partial charge on any atom is -0.389 e. The number of rotatable bonds is 4. The second kappa shape index (κ2) is 6.00. The lowest BCUT2D eigenvalue weighted by Gasteiger charge is -2.13. The van der Waals surface area contributed by atoms with Gasteiger partial charge in [-0.1, -0.05) is 42.5 Å². The average molecular weight is 240 g/mol. The van der Waals surface area contributed by atoms with Crippen LogP contribution in [-0.2, 0) is 4.79 Å². The second-order valence-electron chi connectivity index (χ2n) is 3.02. The molecule has 0 amide bonds. The summed E-state index contributed by atoms with van der Waals surface area (Å²) >= 11 is 6.28. The minimum absolute atomic E-state index is 0.213. The minimum atomic E-state index is -0.449. The van der Waals surface area contributed by atoms with Gasteiger partial charge in [0.05, 0.1) is 5.25 Å². The molecule has 0 saturated heterocycles. The summed E-state index contributed by atoms with van der Waals surface area (Å²) in [6.45, 7) is 1.33. The fraction of sp³-hybridized carbons (Fsp3) is 0.273. The molecule has 4 heteroatoms. The zero-order valence-electron chi connectivity index (χ0n) is 8.34. The van der Waals surface area contributed by atoms with E-state index in [1.54, 1.807) is 6.92 Å². The first-order valence-electron chi connectivity index (χ1n) is 4.51. The Hall–Kier alpha value is -0.710. The predicted octanol–water partition coefficient (Wildman–Crippen LogP) is 2.37. The molecule has 0 aliphatic carbocycles. The number of ketones is 1. The maximum Gasteiger partial charge on any atom is 0.175 e. The van der Waals surface area contributed by atoms with Crippen LogP contribution in [0.1, 0.15) is 17.7 Å². The van der Waals surface area contributed by atoms with Gasteiger partial charge in [-0.2, -0.15) is 0 Å². The second-order valence-corrected chi connectivity index (χ2v) is 5.21. The van der Waals surface area contributed by atoms with Gasteiger partial charge in [-0.25, -0.2) is 0 Å². The Morgan fingerprint density at radius 2 is 2.07 bits per heavy atom. The van der Waals surface area contributed by atoms with Gasteiger partial charge >= 0.3 is 0 Å². The number of Topliss-reactive ketones (excluding diaryl/α,β-unsaturated/α-hetero) is 1. The standard InChI is InChI=1S/C11H12O2S2/c1-8(14)15-11(10(13)7-12)9-5-3-2-4-6-9/h2-6,11-12H,7H2,1H3. The van der Waals surface area contributed by atoms with Crippen LogP contribution < -0.4 is 0 Å². The maximum atomic E-state index is 11.5. The van der Waals surface area contributed by atoms with Crippen molar-refractivity contribution < 1.29 is 9.90 Å². The summed E-state index contributed by atoms with van der Waals surface area (Å²) in [6.07, 6.45) is 0. The smallest absolute Gasteiger partial charge is 0.175 e. The van der Waals surface area contributed by atoms with Crippen LogP contribution in [0.3, 0.4) is 0 Å². The normalized spacial score (nSPS) is 12.1. The van der Waals surface area contributed by atoms with E-state index in [1.165, 1.54) is 11.8 Å². The highest BCUT2D eigenvalue weighted by Gasteiger charge is 2.20. The molecular weight excluding hydrogens is 228 g/mol. The molecule has 80 valence electrons. The van der Waals surface area contributed by atoms with Crippen molar-refractivity contribution in [2.75, 3.05) is 6.61 Å². The summed E-state index contributed by atoms with van der Waals surface area (Å²) in [5, 5.41) is 8.49. The van der Waals surface area contributed by atoms with Gasteiger partial charge < -0.3 is 5.11 Å². The SMILES string of the molecule is CC(=S)SC(C(=O)CO)c1ccccc1. The number of thiocarbonyl (C=S) groups is 1. The van der Waals surface area contributed by atoms with Gasteiger partial charge in [0.15, 0.2) is 5.78 Å². The van der Waals surface area contributed by atoms with Crippen molar-refractivity contribution in [1.29, 1.82) is 0 Å². The van der Waals surface area contributed by atoms with E-state index in [1.807, 2.05) is 30.3 Å². The van der Waals surface area contributed by atoms with Crippen molar-refractivity contribution in [3.8, 4) is 0 Å². The molecule has 1 atom stereocenters. The van der Waals surface area contributed by atoms with Crippen molar-refractivity contribution in [2.24, 2.45) is 0 Å². The Morgan fingerprint density at radius 3 is 2.53 bits per heavy atom. The largest absolute Gasteiger partial charge is 0.389 e. The molecule has 0 aliphatic heterocycles. The quantitative estimate of drug-likeness (QED) is 0.820. The monoisotopic (exact) mass is 240 g/mol. The number of aliphatic hydroxyl groups excluding tert-OH is 1. The number of aliphatic hydroxyl groups is 1. The molecule has 1 unspecified atom stereocenters. The molecule has 0 aromatic heterocycles. The average Bonchev–Trinajstić information content (AvgIpc) is 2.26. The van der Waals surface area contributed by atoms with Crippen LogP contribution in [-0.4, -0.2) is 21.7 Å². The summed E-state index contributed by atoms with van der Waals surface area (Å²) in [5.41, 5.74) is 0.880. The van der Waals surface area contributed by atoms with E-state index < -0.39 is 6.61 Å². The molecule has 0 spiro atoms. The topological polar surface area (TPSA) is 37.3 Å². The van der Waals surface area contributed by atoms with Gasteiger partial charge in [0.2, 0.25) is 0 Å². The summed E-state index contributed by atoms with van der Waals surface area (Å²) in [5.74, 6) is -0.213. The Bertz CT molecular complexity index is 349. The maximum absolute atomic E-state index is 11.5.